The van der Waals surface area contributed by atoms with Crippen LogP contribution in [0.2, 0.25) is 5.02 Å². The van der Waals surface area contributed by atoms with E-state index in [-0.39, 0.29) is 12.2 Å². The maximum Gasteiger partial charge on any atom is 0.212 e. The third-order valence-electron chi connectivity index (χ3n) is 5.49. The molecule has 7 nitrogen and oxygen atoms in total. The summed E-state index contributed by atoms with van der Waals surface area (Å²) in [5.74, 6) is 1.52. The number of hydrogen-bond acceptors (Lipinski definition) is 7. The van der Waals surface area contributed by atoms with Crippen LogP contribution in [0.5, 0.6) is 5.75 Å². The lowest BCUT2D eigenvalue weighted by Gasteiger charge is -2.32. The highest BCUT2D eigenvalue weighted by molar-refractivity contribution is 6.31. The normalized spacial score (nSPS) is 23.1. The van der Waals surface area contributed by atoms with E-state index in [9.17, 15) is 5.11 Å². The molecule has 2 aromatic carbocycles. The van der Waals surface area contributed by atoms with Crippen LogP contribution in [-0.2, 0) is 11.2 Å². The van der Waals surface area contributed by atoms with Gasteiger partial charge in [-0.2, -0.15) is 5.10 Å². The lowest BCUT2D eigenvalue weighted by atomic mass is 9.94. The molecule has 0 spiro atoms. The van der Waals surface area contributed by atoms with Gasteiger partial charge in [-0.1, -0.05) is 35.9 Å². The summed E-state index contributed by atoms with van der Waals surface area (Å²) in [4.78, 5) is 4.23. The molecule has 170 valence electrons. The minimum absolute atomic E-state index is 0.228. The van der Waals surface area contributed by atoms with Crippen molar-refractivity contribution in [1.29, 1.82) is 0 Å². The van der Waals surface area contributed by atoms with Crippen LogP contribution < -0.4 is 15.5 Å². The van der Waals surface area contributed by atoms with E-state index in [2.05, 4.69) is 39.0 Å². The summed E-state index contributed by atoms with van der Waals surface area (Å²) in [6, 6.07) is 14.0. The maximum atomic E-state index is 10.4. The van der Waals surface area contributed by atoms with Crippen LogP contribution in [0.1, 0.15) is 42.6 Å². The summed E-state index contributed by atoms with van der Waals surface area (Å²) >= 11 is 6.49. The summed E-state index contributed by atoms with van der Waals surface area (Å²) in [5, 5.41) is 18.4. The van der Waals surface area contributed by atoms with Crippen LogP contribution in [-0.4, -0.2) is 49.2 Å². The molecular formula is C24H29ClN4O3. The number of benzene rings is 2. The molecular weight excluding hydrogens is 428 g/mol. The Kier molecular flexibility index (Phi) is 7.63. The van der Waals surface area contributed by atoms with Gasteiger partial charge >= 0.3 is 0 Å². The van der Waals surface area contributed by atoms with Gasteiger partial charge in [0, 0.05) is 24.4 Å². The second-order valence-corrected chi connectivity index (χ2v) is 8.35. The molecule has 0 saturated carbocycles. The third kappa shape index (κ3) is 6.00. The van der Waals surface area contributed by atoms with Gasteiger partial charge in [-0.05, 0) is 48.2 Å². The molecule has 1 saturated heterocycles. The van der Waals surface area contributed by atoms with Gasteiger partial charge in [0.05, 0.1) is 37.7 Å². The van der Waals surface area contributed by atoms with E-state index in [0.29, 0.717) is 36.9 Å². The predicted molar refractivity (Wildman–Crippen MR) is 127 cm³/mol. The molecule has 4 rings (SSSR count). The lowest BCUT2D eigenvalue weighted by Crippen LogP contribution is -2.34. The number of halogens is 1. The maximum absolute atomic E-state index is 10.4. The molecule has 32 heavy (non-hydrogen) atoms. The van der Waals surface area contributed by atoms with Crippen molar-refractivity contribution in [2.45, 2.75) is 44.5 Å². The van der Waals surface area contributed by atoms with Crippen LogP contribution in [0.3, 0.4) is 0 Å². The van der Waals surface area contributed by atoms with E-state index >= 15 is 0 Å². The highest BCUT2D eigenvalue weighted by Crippen LogP contribution is 2.33. The van der Waals surface area contributed by atoms with E-state index < -0.39 is 6.10 Å². The van der Waals surface area contributed by atoms with Crippen molar-refractivity contribution < 1.29 is 14.6 Å². The number of nitrogens with one attached hydrogen (secondary N) is 2. The van der Waals surface area contributed by atoms with Crippen molar-refractivity contribution >= 4 is 23.8 Å². The van der Waals surface area contributed by atoms with Gasteiger partial charge < -0.3 is 19.9 Å². The first-order valence-corrected chi connectivity index (χ1v) is 11.4. The Hall–Kier alpha value is -2.61. The molecule has 0 radical (unpaired) electrons. The minimum Gasteiger partial charge on any atom is -0.494 e. The first kappa shape index (κ1) is 22.6. The molecule has 0 unspecified atom stereocenters. The monoisotopic (exact) mass is 456 g/mol. The number of guanidine groups is 1. The number of ether oxygens (including phenoxy) is 2. The Labute approximate surface area is 193 Å². The number of hydrazone groups is 1. The molecule has 3 N–H and O–H groups in total. The molecule has 0 bridgehead atoms. The highest BCUT2D eigenvalue weighted by atomic mass is 35.5. The first-order chi connectivity index (χ1) is 15.6. The van der Waals surface area contributed by atoms with Crippen LogP contribution in [0.25, 0.3) is 0 Å². The molecule has 0 amide bonds. The van der Waals surface area contributed by atoms with Crippen molar-refractivity contribution in [1.82, 2.24) is 10.7 Å². The molecule has 1 fully saturated rings. The Morgan fingerprint density at radius 3 is 2.88 bits per heavy atom. The quantitative estimate of drug-likeness (QED) is 0.439. The number of hydrogen-bond donors (Lipinski definition) is 3. The van der Waals surface area contributed by atoms with E-state index in [0.717, 1.165) is 35.5 Å². The van der Waals surface area contributed by atoms with E-state index in [1.165, 1.54) is 0 Å². The van der Waals surface area contributed by atoms with Crippen molar-refractivity contribution in [3.63, 3.8) is 0 Å². The fourth-order valence-corrected chi connectivity index (χ4v) is 4.10. The second-order valence-electron chi connectivity index (χ2n) is 7.94. The Morgan fingerprint density at radius 1 is 1.28 bits per heavy atom. The number of rotatable bonds is 7. The lowest BCUT2D eigenvalue weighted by molar-refractivity contribution is -0.0681. The SMILES string of the molecule is CCOc1ccc(Cc2cc([C@H]3C[C@@H](O)C[C@@H](/C=N/NC4=NCCN4)O3)ccc2Cl)cc1. The van der Waals surface area contributed by atoms with Gasteiger partial charge in [-0.15, -0.1) is 0 Å². The number of nitrogens with zero attached hydrogens (tertiary/aromatic N) is 2. The van der Waals surface area contributed by atoms with Crippen molar-refractivity contribution in [2.24, 2.45) is 10.1 Å². The van der Waals surface area contributed by atoms with Gasteiger partial charge in [0.2, 0.25) is 5.96 Å². The average molecular weight is 457 g/mol. The van der Waals surface area contributed by atoms with E-state index in [1.807, 2.05) is 31.2 Å². The molecule has 2 heterocycles. The van der Waals surface area contributed by atoms with E-state index in [1.54, 1.807) is 6.21 Å². The van der Waals surface area contributed by atoms with Crippen molar-refractivity contribution in [3.8, 4) is 5.75 Å². The molecule has 3 atom stereocenters. The number of aliphatic imine (C=N–C) groups is 1. The molecule has 0 aromatic heterocycles. The predicted octanol–water partition coefficient (Wildman–Crippen LogP) is 3.45. The Morgan fingerprint density at radius 2 is 2.12 bits per heavy atom. The molecule has 2 aliphatic rings. The summed E-state index contributed by atoms with van der Waals surface area (Å²) in [6.45, 7) is 4.17. The fraction of sp³-hybridized carbons (Fsp3) is 0.417. The summed E-state index contributed by atoms with van der Waals surface area (Å²) in [7, 11) is 0. The Balaban J connectivity index is 1.43. The van der Waals surface area contributed by atoms with Crippen LogP contribution >= 0.6 is 11.6 Å². The highest BCUT2D eigenvalue weighted by Gasteiger charge is 2.29. The van der Waals surface area contributed by atoms with Gasteiger partial charge in [-0.25, -0.2) is 10.4 Å². The minimum atomic E-state index is -0.461. The molecule has 0 aliphatic carbocycles. The van der Waals surface area contributed by atoms with Crippen molar-refractivity contribution in [3.05, 3.63) is 64.2 Å². The molecule has 2 aromatic rings. The van der Waals surface area contributed by atoms with Gasteiger partial charge in [0.1, 0.15) is 5.75 Å². The summed E-state index contributed by atoms with van der Waals surface area (Å²) < 4.78 is 11.7. The number of aliphatic hydroxyl groups excluding tert-OH is 1. The second kappa shape index (κ2) is 10.8. The topological polar surface area (TPSA) is 87.5 Å². The largest absolute Gasteiger partial charge is 0.494 e. The zero-order valence-electron chi connectivity index (χ0n) is 18.1. The molecule has 8 heteroatoms. The van der Waals surface area contributed by atoms with Crippen LogP contribution in [0, 0.1) is 0 Å². The van der Waals surface area contributed by atoms with Gasteiger partial charge in [0.25, 0.3) is 0 Å². The number of aliphatic hydroxyl groups is 1. The fourth-order valence-electron chi connectivity index (χ4n) is 3.92. The smallest absolute Gasteiger partial charge is 0.212 e. The zero-order chi connectivity index (χ0) is 22.3. The first-order valence-electron chi connectivity index (χ1n) is 11.0. The average Bonchev–Trinajstić information content (AvgIpc) is 3.30. The van der Waals surface area contributed by atoms with Crippen LogP contribution in [0.15, 0.2) is 52.6 Å². The summed E-state index contributed by atoms with van der Waals surface area (Å²) in [6.07, 6.45) is 2.46. The third-order valence-corrected chi connectivity index (χ3v) is 5.85. The Bertz CT molecular complexity index is 964. The van der Waals surface area contributed by atoms with Gasteiger partial charge in [-0.3, -0.25) is 0 Å². The van der Waals surface area contributed by atoms with Gasteiger partial charge in [0.15, 0.2) is 0 Å². The molecule has 2 aliphatic heterocycles. The standard InChI is InChI=1S/C24H29ClN4O3/c1-2-31-20-6-3-16(4-7-20)11-18-12-17(5-8-22(18)25)23-14-19(30)13-21(32-23)15-28-29-24-26-9-10-27-24/h3-8,12,15,19,21,23,30H,2,9-11,13-14H2,1H3,(H2,26,27,29)/b28-15+/t19-,21-,23+/m0/s1. The van der Waals surface area contributed by atoms with Crippen molar-refractivity contribution in [2.75, 3.05) is 19.7 Å². The summed E-state index contributed by atoms with van der Waals surface area (Å²) in [5.41, 5.74) is 6.05. The van der Waals surface area contributed by atoms with Crippen LogP contribution in [0.4, 0.5) is 0 Å². The zero-order valence-corrected chi connectivity index (χ0v) is 18.9. The van der Waals surface area contributed by atoms with E-state index in [4.69, 9.17) is 21.1 Å².